The number of carbonyl (C=O) groups is 1. The molecular weight excluding hydrogens is 236 g/mol. The third-order valence-electron chi connectivity index (χ3n) is 2.24. The lowest BCUT2D eigenvalue weighted by Crippen LogP contribution is -2.04. The third kappa shape index (κ3) is 3.07. The molecule has 1 aromatic carbocycles. The van der Waals surface area contributed by atoms with Crippen LogP contribution < -0.4 is 4.74 Å². The first-order chi connectivity index (χ1) is 8.65. The first-order valence-corrected chi connectivity index (χ1v) is 5.37. The smallest absolute Gasteiger partial charge is 0.307 e. The van der Waals surface area contributed by atoms with Gasteiger partial charge in [0, 0.05) is 12.5 Å². The van der Waals surface area contributed by atoms with Gasteiger partial charge in [-0.1, -0.05) is 23.4 Å². The van der Waals surface area contributed by atoms with Crippen molar-refractivity contribution in [1.82, 2.24) is 10.1 Å². The van der Waals surface area contributed by atoms with E-state index in [-0.39, 0.29) is 13.0 Å². The highest BCUT2D eigenvalue weighted by molar-refractivity contribution is 5.71. The molecule has 1 N–H and O–H groups in total. The van der Waals surface area contributed by atoms with Crippen molar-refractivity contribution >= 4 is 5.97 Å². The summed E-state index contributed by atoms with van der Waals surface area (Å²) in [6.45, 7) is 1.84. The summed E-state index contributed by atoms with van der Waals surface area (Å²) in [6, 6.07) is 6.97. The van der Waals surface area contributed by atoms with Gasteiger partial charge >= 0.3 is 5.97 Å². The molecule has 1 aromatic heterocycles. The molecule has 0 aliphatic heterocycles. The Morgan fingerprint density at radius 2 is 2.22 bits per heavy atom. The van der Waals surface area contributed by atoms with E-state index >= 15 is 0 Å². The molecule has 94 valence electrons. The number of carboxylic acids is 1. The highest BCUT2D eigenvalue weighted by Crippen LogP contribution is 2.19. The van der Waals surface area contributed by atoms with E-state index < -0.39 is 5.97 Å². The van der Waals surface area contributed by atoms with E-state index in [0.29, 0.717) is 23.0 Å². The zero-order valence-corrected chi connectivity index (χ0v) is 9.79. The fourth-order valence-electron chi connectivity index (χ4n) is 1.50. The average molecular weight is 248 g/mol. The second-order valence-corrected chi connectivity index (χ2v) is 3.70. The molecule has 0 aliphatic carbocycles. The van der Waals surface area contributed by atoms with Crippen LogP contribution in [0, 0.1) is 6.92 Å². The SMILES string of the molecule is Cc1nc(COc2ccccc2CC(=O)O)no1. The minimum Gasteiger partial charge on any atom is -0.485 e. The fraction of sp³-hybridized carbons (Fsp3) is 0.250. The number of hydrogen-bond acceptors (Lipinski definition) is 5. The molecule has 0 saturated heterocycles. The normalized spacial score (nSPS) is 10.3. The van der Waals surface area contributed by atoms with Crippen molar-refractivity contribution < 1.29 is 19.2 Å². The zero-order valence-electron chi connectivity index (χ0n) is 9.79. The number of hydrogen-bond donors (Lipinski definition) is 1. The monoisotopic (exact) mass is 248 g/mol. The Bertz CT molecular complexity index is 551. The van der Waals surface area contributed by atoms with Gasteiger partial charge in [0.05, 0.1) is 6.42 Å². The van der Waals surface area contributed by atoms with Gasteiger partial charge in [-0.15, -0.1) is 0 Å². The highest BCUT2D eigenvalue weighted by Gasteiger charge is 2.09. The minimum absolute atomic E-state index is 0.0819. The molecule has 0 unspecified atom stereocenters. The number of benzene rings is 1. The Balaban J connectivity index is 2.06. The number of aryl methyl sites for hydroxylation is 1. The van der Waals surface area contributed by atoms with E-state index in [9.17, 15) is 4.79 Å². The standard InChI is InChI=1S/C12H12N2O4/c1-8-13-11(14-18-8)7-17-10-5-3-2-4-9(10)6-12(15)16/h2-5H,6-7H2,1H3,(H,15,16). The van der Waals surface area contributed by atoms with Crippen molar-refractivity contribution in [2.24, 2.45) is 0 Å². The van der Waals surface area contributed by atoms with Crippen LogP contribution in [-0.4, -0.2) is 21.2 Å². The van der Waals surface area contributed by atoms with Crippen LogP contribution in [-0.2, 0) is 17.8 Å². The maximum Gasteiger partial charge on any atom is 0.307 e. The van der Waals surface area contributed by atoms with E-state index in [1.807, 2.05) is 0 Å². The minimum atomic E-state index is -0.901. The van der Waals surface area contributed by atoms with Gasteiger partial charge in [-0.25, -0.2) is 0 Å². The molecular formula is C12H12N2O4. The van der Waals surface area contributed by atoms with Gasteiger partial charge in [-0.05, 0) is 6.07 Å². The summed E-state index contributed by atoms with van der Waals surface area (Å²) in [5.41, 5.74) is 0.616. The first-order valence-electron chi connectivity index (χ1n) is 5.37. The molecule has 0 aliphatic rings. The summed E-state index contributed by atoms with van der Waals surface area (Å²) < 4.78 is 10.3. The van der Waals surface area contributed by atoms with Crippen molar-refractivity contribution in [3.8, 4) is 5.75 Å². The van der Waals surface area contributed by atoms with Crippen molar-refractivity contribution in [2.75, 3.05) is 0 Å². The topological polar surface area (TPSA) is 85.5 Å². The number of rotatable bonds is 5. The largest absolute Gasteiger partial charge is 0.485 e. The van der Waals surface area contributed by atoms with Crippen LogP contribution in [0.25, 0.3) is 0 Å². The number of nitrogens with zero attached hydrogens (tertiary/aromatic N) is 2. The van der Waals surface area contributed by atoms with Crippen LogP contribution in [0.5, 0.6) is 5.75 Å². The Hall–Kier alpha value is -2.37. The molecule has 0 bridgehead atoms. The number of carboxylic acid groups (broad SMARTS) is 1. The number of aliphatic carboxylic acids is 1. The van der Waals surface area contributed by atoms with Gasteiger partial charge in [0.25, 0.3) is 0 Å². The van der Waals surface area contributed by atoms with Crippen LogP contribution in [0.4, 0.5) is 0 Å². The van der Waals surface area contributed by atoms with E-state index in [1.165, 1.54) is 0 Å². The van der Waals surface area contributed by atoms with E-state index in [0.717, 1.165) is 0 Å². The Morgan fingerprint density at radius 1 is 1.44 bits per heavy atom. The van der Waals surface area contributed by atoms with Gasteiger partial charge < -0.3 is 14.4 Å². The van der Waals surface area contributed by atoms with Crippen LogP contribution in [0.3, 0.4) is 0 Å². The summed E-state index contributed by atoms with van der Waals surface area (Å²) in [4.78, 5) is 14.7. The molecule has 18 heavy (non-hydrogen) atoms. The van der Waals surface area contributed by atoms with Gasteiger partial charge in [0.15, 0.2) is 6.61 Å². The van der Waals surface area contributed by atoms with E-state index in [4.69, 9.17) is 14.4 Å². The van der Waals surface area contributed by atoms with Gasteiger partial charge in [-0.3, -0.25) is 4.79 Å². The lowest BCUT2D eigenvalue weighted by Gasteiger charge is -2.07. The van der Waals surface area contributed by atoms with E-state index in [2.05, 4.69) is 10.1 Å². The van der Waals surface area contributed by atoms with Gasteiger partial charge in [0.1, 0.15) is 5.75 Å². The van der Waals surface area contributed by atoms with Gasteiger partial charge in [0.2, 0.25) is 11.7 Å². The molecule has 2 rings (SSSR count). The second-order valence-electron chi connectivity index (χ2n) is 3.70. The molecule has 0 atom stereocenters. The lowest BCUT2D eigenvalue weighted by molar-refractivity contribution is -0.136. The highest BCUT2D eigenvalue weighted by atomic mass is 16.5. The van der Waals surface area contributed by atoms with Crippen molar-refractivity contribution in [3.05, 3.63) is 41.5 Å². The van der Waals surface area contributed by atoms with Crippen LogP contribution in [0.2, 0.25) is 0 Å². The molecule has 0 amide bonds. The quantitative estimate of drug-likeness (QED) is 0.864. The molecule has 0 spiro atoms. The predicted octanol–water partition coefficient (Wildman–Crippen LogP) is 1.58. The number of aromatic nitrogens is 2. The fourth-order valence-corrected chi connectivity index (χ4v) is 1.50. The number of para-hydroxylation sites is 1. The molecule has 1 heterocycles. The zero-order chi connectivity index (χ0) is 13.0. The average Bonchev–Trinajstić information content (AvgIpc) is 2.73. The second kappa shape index (κ2) is 5.31. The van der Waals surface area contributed by atoms with Crippen LogP contribution in [0.15, 0.2) is 28.8 Å². The first kappa shape index (κ1) is 12.1. The maximum atomic E-state index is 10.7. The van der Waals surface area contributed by atoms with Crippen molar-refractivity contribution in [3.63, 3.8) is 0 Å². The Labute approximate surface area is 103 Å². The summed E-state index contributed by atoms with van der Waals surface area (Å²) >= 11 is 0. The van der Waals surface area contributed by atoms with Gasteiger partial charge in [-0.2, -0.15) is 4.98 Å². The predicted molar refractivity (Wildman–Crippen MR) is 61.1 cm³/mol. The summed E-state index contributed by atoms with van der Waals surface area (Å²) in [5, 5.41) is 12.5. The summed E-state index contributed by atoms with van der Waals surface area (Å²) in [7, 11) is 0. The molecule has 2 aromatic rings. The van der Waals surface area contributed by atoms with Crippen molar-refractivity contribution in [1.29, 1.82) is 0 Å². The lowest BCUT2D eigenvalue weighted by atomic mass is 10.1. The molecule has 6 nitrogen and oxygen atoms in total. The Kier molecular flexibility index (Phi) is 3.57. The number of ether oxygens (including phenoxy) is 1. The molecule has 6 heteroatoms. The molecule has 0 radical (unpaired) electrons. The molecule has 0 saturated carbocycles. The summed E-state index contributed by atoms with van der Waals surface area (Å²) in [5.74, 6) is 0.508. The molecule has 0 fully saturated rings. The van der Waals surface area contributed by atoms with Crippen LogP contribution >= 0.6 is 0 Å². The Morgan fingerprint density at radius 3 is 2.89 bits per heavy atom. The van der Waals surface area contributed by atoms with Crippen LogP contribution in [0.1, 0.15) is 17.3 Å². The summed E-state index contributed by atoms with van der Waals surface area (Å²) in [6.07, 6.45) is -0.0819. The third-order valence-corrected chi connectivity index (χ3v) is 2.24. The maximum absolute atomic E-state index is 10.7. The van der Waals surface area contributed by atoms with E-state index in [1.54, 1.807) is 31.2 Å². The van der Waals surface area contributed by atoms with Crippen molar-refractivity contribution in [2.45, 2.75) is 20.0 Å².